The van der Waals surface area contributed by atoms with E-state index in [2.05, 4.69) is 31.1 Å². The number of aromatic nitrogens is 4. The first kappa shape index (κ1) is 8.96. The Labute approximate surface area is 87.9 Å². The summed E-state index contributed by atoms with van der Waals surface area (Å²) in [5.74, 6) is 0. The number of hydrogen-bond donors (Lipinski definition) is 0. The Balaban J connectivity index is 2.87. The molecule has 0 atom stereocenters. The van der Waals surface area contributed by atoms with Crippen molar-refractivity contribution in [1.82, 2.24) is 19.6 Å². The van der Waals surface area contributed by atoms with E-state index in [0.29, 0.717) is 0 Å². The van der Waals surface area contributed by atoms with E-state index in [1.54, 1.807) is 18.1 Å². The molecule has 4 nitrogen and oxygen atoms in total. The van der Waals surface area contributed by atoms with E-state index in [1.807, 2.05) is 17.6 Å². The highest BCUT2D eigenvalue weighted by atomic mass is 79.9. The molecule has 2 aromatic heterocycles. The maximum absolute atomic E-state index is 4.39. The summed E-state index contributed by atoms with van der Waals surface area (Å²) in [6.45, 7) is 1.94. The maximum Gasteiger partial charge on any atom is 0.178 e. The molecule has 0 saturated carbocycles. The van der Waals surface area contributed by atoms with E-state index >= 15 is 0 Å². The molecule has 0 unspecified atom stereocenters. The number of hydrogen-bond acceptors (Lipinski definition) is 4. The first-order chi connectivity index (χ1) is 6.24. The first-order valence-electron chi connectivity index (χ1n) is 3.64. The molecule has 0 aliphatic rings. The van der Waals surface area contributed by atoms with Crippen LogP contribution >= 0.6 is 27.7 Å². The predicted octanol–water partition coefficient (Wildman–Crippen LogP) is 1.92. The zero-order chi connectivity index (χ0) is 9.42. The van der Waals surface area contributed by atoms with Crippen LogP contribution in [0.3, 0.4) is 0 Å². The molecule has 0 aromatic carbocycles. The first-order valence-corrected chi connectivity index (χ1v) is 5.65. The lowest BCUT2D eigenvalue weighted by Gasteiger charge is -2.03. The van der Waals surface area contributed by atoms with Crippen molar-refractivity contribution in [2.45, 2.75) is 12.1 Å². The molecule has 0 spiro atoms. The van der Waals surface area contributed by atoms with E-state index in [0.717, 1.165) is 21.0 Å². The fourth-order valence-corrected chi connectivity index (χ4v) is 1.99. The van der Waals surface area contributed by atoms with Crippen LogP contribution in [0.15, 0.2) is 16.0 Å². The molecule has 6 heteroatoms. The van der Waals surface area contributed by atoms with Crippen molar-refractivity contribution in [2.24, 2.45) is 0 Å². The molecule has 68 valence electrons. The summed E-state index contributed by atoms with van der Waals surface area (Å²) in [5.41, 5.74) is 1.75. The molecule has 0 bridgehead atoms. The summed E-state index contributed by atoms with van der Waals surface area (Å²) in [6, 6.07) is 0. The van der Waals surface area contributed by atoms with Gasteiger partial charge in [0, 0.05) is 0 Å². The SMILES string of the molecule is CSc1nc(C)c(Br)c2nncn12. The van der Waals surface area contributed by atoms with Gasteiger partial charge in [-0.25, -0.2) is 4.98 Å². The van der Waals surface area contributed by atoms with Crippen LogP contribution < -0.4 is 0 Å². The van der Waals surface area contributed by atoms with Crippen LogP contribution in [0.5, 0.6) is 0 Å². The van der Waals surface area contributed by atoms with E-state index < -0.39 is 0 Å². The van der Waals surface area contributed by atoms with E-state index in [-0.39, 0.29) is 0 Å². The van der Waals surface area contributed by atoms with Crippen LogP contribution in [0.2, 0.25) is 0 Å². The van der Waals surface area contributed by atoms with Crippen LogP contribution in [-0.2, 0) is 0 Å². The van der Waals surface area contributed by atoms with Crippen molar-refractivity contribution in [2.75, 3.05) is 6.26 Å². The fraction of sp³-hybridized carbons (Fsp3) is 0.286. The van der Waals surface area contributed by atoms with Gasteiger partial charge in [-0.15, -0.1) is 10.2 Å². The Morgan fingerprint density at radius 1 is 1.54 bits per heavy atom. The molecule has 13 heavy (non-hydrogen) atoms. The second-order valence-electron chi connectivity index (χ2n) is 2.52. The second-order valence-corrected chi connectivity index (χ2v) is 4.09. The summed E-state index contributed by atoms with van der Waals surface area (Å²) in [5, 5.41) is 8.75. The molecular weight excluding hydrogens is 252 g/mol. The highest BCUT2D eigenvalue weighted by Gasteiger charge is 2.09. The molecule has 2 heterocycles. The molecule has 0 amide bonds. The van der Waals surface area contributed by atoms with Gasteiger partial charge in [-0.05, 0) is 29.1 Å². The van der Waals surface area contributed by atoms with Gasteiger partial charge in [0.2, 0.25) is 0 Å². The van der Waals surface area contributed by atoms with E-state index in [9.17, 15) is 0 Å². The van der Waals surface area contributed by atoms with E-state index in [4.69, 9.17) is 0 Å². The maximum atomic E-state index is 4.39. The summed E-state index contributed by atoms with van der Waals surface area (Å²) in [6.07, 6.45) is 3.65. The Bertz CT molecular complexity index is 453. The minimum absolute atomic E-state index is 0.817. The molecule has 0 N–H and O–H groups in total. The largest absolute Gasteiger partial charge is 0.259 e. The van der Waals surface area contributed by atoms with Gasteiger partial charge in [0.1, 0.15) is 6.33 Å². The Kier molecular flexibility index (Phi) is 2.25. The average molecular weight is 259 g/mol. The normalized spacial score (nSPS) is 11.0. The van der Waals surface area contributed by atoms with Crippen LogP contribution in [0.25, 0.3) is 5.65 Å². The molecule has 0 fully saturated rings. The van der Waals surface area contributed by atoms with Crippen molar-refractivity contribution >= 4 is 33.3 Å². The second kappa shape index (κ2) is 3.26. The summed E-state index contributed by atoms with van der Waals surface area (Å²) < 4.78 is 2.77. The van der Waals surface area contributed by atoms with Gasteiger partial charge in [-0.2, -0.15) is 0 Å². The monoisotopic (exact) mass is 258 g/mol. The highest BCUT2D eigenvalue weighted by molar-refractivity contribution is 9.10. The van der Waals surface area contributed by atoms with Gasteiger partial charge < -0.3 is 0 Å². The molecule has 0 radical (unpaired) electrons. The zero-order valence-electron chi connectivity index (χ0n) is 7.15. The number of thioether (sulfide) groups is 1. The molecule has 2 aromatic rings. The van der Waals surface area contributed by atoms with Gasteiger partial charge in [-0.3, -0.25) is 4.40 Å². The third-order valence-electron chi connectivity index (χ3n) is 1.71. The average Bonchev–Trinajstić information content (AvgIpc) is 2.60. The third kappa shape index (κ3) is 1.34. The third-order valence-corrected chi connectivity index (χ3v) is 3.30. The highest BCUT2D eigenvalue weighted by Crippen LogP contribution is 2.23. The van der Waals surface area contributed by atoms with Gasteiger partial charge in [0.25, 0.3) is 0 Å². The van der Waals surface area contributed by atoms with Crippen molar-refractivity contribution < 1.29 is 0 Å². The predicted molar refractivity (Wildman–Crippen MR) is 55.0 cm³/mol. The lowest BCUT2D eigenvalue weighted by atomic mass is 10.4. The zero-order valence-corrected chi connectivity index (χ0v) is 9.55. The minimum atomic E-state index is 0.817. The van der Waals surface area contributed by atoms with Crippen molar-refractivity contribution in [3.63, 3.8) is 0 Å². The Hall–Kier alpha value is -0.620. The standard InChI is InChI=1S/C7H7BrN4S/c1-4-5(8)6-11-9-3-12(6)7(10-4)13-2/h3H,1-2H3. The Morgan fingerprint density at radius 2 is 2.31 bits per heavy atom. The number of nitrogens with zero attached hydrogens (tertiary/aromatic N) is 4. The van der Waals surface area contributed by atoms with Crippen LogP contribution in [0.4, 0.5) is 0 Å². The van der Waals surface area contributed by atoms with Gasteiger partial charge in [-0.1, -0.05) is 11.8 Å². The molecular formula is C7H7BrN4S. The van der Waals surface area contributed by atoms with Crippen molar-refractivity contribution in [1.29, 1.82) is 0 Å². The summed E-state index contributed by atoms with van der Waals surface area (Å²) >= 11 is 5.00. The van der Waals surface area contributed by atoms with Crippen molar-refractivity contribution in [3.8, 4) is 0 Å². The molecule has 0 aliphatic heterocycles. The van der Waals surface area contributed by atoms with E-state index in [1.165, 1.54) is 0 Å². The summed E-state index contributed by atoms with van der Waals surface area (Å²) in [7, 11) is 0. The van der Waals surface area contributed by atoms with Crippen LogP contribution in [0.1, 0.15) is 5.69 Å². The van der Waals surface area contributed by atoms with Gasteiger partial charge >= 0.3 is 0 Å². The molecule has 0 saturated heterocycles. The van der Waals surface area contributed by atoms with Crippen molar-refractivity contribution in [3.05, 3.63) is 16.5 Å². The minimum Gasteiger partial charge on any atom is -0.259 e. The number of halogens is 1. The number of fused-ring (bicyclic) bond motifs is 1. The lowest BCUT2D eigenvalue weighted by Crippen LogP contribution is -1.96. The smallest absolute Gasteiger partial charge is 0.178 e. The quantitative estimate of drug-likeness (QED) is 0.579. The lowest BCUT2D eigenvalue weighted by molar-refractivity contribution is 0.871. The topological polar surface area (TPSA) is 43.1 Å². The number of aryl methyl sites for hydroxylation is 1. The molecule has 0 aliphatic carbocycles. The fourth-order valence-electron chi connectivity index (χ4n) is 1.08. The summed E-state index contributed by atoms with van der Waals surface area (Å²) in [4.78, 5) is 4.39. The van der Waals surface area contributed by atoms with Crippen LogP contribution in [-0.4, -0.2) is 25.8 Å². The molecule has 2 rings (SSSR count). The number of rotatable bonds is 1. The van der Waals surface area contributed by atoms with Crippen LogP contribution in [0, 0.1) is 6.92 Å². The Morgan fingerprint density at radius 3 is 3.00 bits per heavy atom. The van der Waals surface area contributed by atoms with Gasteiger partial charge in [0.05, 0.1) is 10.2 Å². The van der Waals surface area contributed by atoms with Gasteiger partial charge in [0.15, 0.2) is 10.8 Å².